The number of aromatic nitrogens is 2. The highest BCUT2D eigenvalue weighted by Crippen LogP contribution is 2.41. The van der Waals surface area contributed by atoms with Gasteiger partial charge in [0.25, 0.3) is 5.91 Å². The lowest BCUT2D eigenvalue weighted by Crippen LogP contribution is -2.54. The van der Waals surface area contributed by atoms with E-state index in [-0.39, 0.29) is 81.7 Å². The summed E-state index contributed by atoms with van der Waals surface area (Å²) in [6.45, 7) is 12.0. The van der Waals surface area contributed by atoms with Crippen LogP contribution in [0.25, 0.3) is 11.3 Å². The van der Waals surface area contributed by atoms with Gasteiger partial charge in [0.15, 0.2) is 0 Å². The number of aliphatic hydroxyl groups is 1. The first kappa shape index (κ1) is 59.9. The number of halogens is 3. The number of carbonyl (C=O) groups is 6. The Labute approximate surface area is 442 Å². The molecular weight excluding hydrogens is 986 g/mol. The lowest BCUT2D eigenvalue weighted by Gasteiger charge is -2.41. The van der Waals surface area contributed by atoms with Crippen molar-refractivity contribution in [2.24, 2.45) is 28.7 Å². The first-order valence-electron chi connectivity index (χ1n) is 25.8. The van der Waals surface area contributed by atoms with Crippen LogP contribution in [-0.2, 0) is 37.1 Å². The summed E-state index contributed by atoms with van der Waals surface area (Å²) in [5.74, 6) is -4.07. The van der Waals surface area contributed by atoms with Gasteiger partial charge < -0.3 is 56.9 Å². The summed E-state index contributed by atoms with van der Waals surface area (Å²) in [7, 11) is 0. The molecule has 0 bridgehead atoms. The smallest absolute Gasteiger partial charge is 0.410 e. The van der Waals surface area contributed by atoms with Gasteiger partial charge in [0.05, 0.1) is 18.3 Å². The number of nitrogens with two attached hydrogens (primary N) is 2. The minimum atomic E-state index is -1.61. The molecule has 5 rings (SSSR count). The number of unbranched alkanes of at least 4 members (excludes halogenated alkanes) is 2. The minimum absolute atomic E-state index is 0.0843. The molecule has 18 nitrogen and oxygen atoms in total. The highest BCUT2D eigenvalue weighted by molar-refractivity contribution is 5.98. The molecule has 0 saturated carbocycles. The molecule has 7 amide bonds. The van der Waals surface area contributed by atoms with E-state index in [1.165, 1.54) is 34.9 Å². The normalized spacial score (nSPS) is 16.1. The Balaban J connectivity index is 1.27. The fourth-order valence-corrected chi connectivity index (χ4v) is 9.12. The molecule has 1 fully saturated rings. The van der Waals surface area contributed by atoms with E-state index < -0.39 is 83.2 Å². The number of hydrogen-bond acceptors (Lipinski definition) is 10. The number of nitrogens with zero attached hydrogens (tertiary/aromatic N) is 4. The summed E-state index contributed by atoms with van der Waals surface area (Å²) in [5, 5.41) is 21.6. The maximum absolute atomic E-state index is 16.2. The van der Waals surface area contributed by atoms with Crippen molar-refractivity contribution in [3.05, 3.63) is 107 Å². The lowest BCUT2D eigenvalue weighted by molar-refractivity contribution is -0.146. The number of nitrogens with one attached hydrogen (secondary N) is 4. The van der Waals surface area contributed by atoms with Crippen molar-refractivity contribution in [3.8, 4) is 11.3 Å². The second-order valence-electron chi connectivity index (χ2n) is 21.0. The molecule has 76 heavy (non-hydrogen) atoms. The summed E-state index contributed by atoms with van der Waals surface area (Å²) in [6, 6.07) is 13.3. The molecule has 6 atom stereocenters. The van der Waals surface area contributed by atoms with Crippen LogP contribution in [0.3, 0.4) is 0 Å². The van der Waals surface area contributed by atoms with E-state index >= 15 is 8.78 Å². The van der Waals surface area contributed by atoms with E-state index in [4.69, 9.17) is 21.2 Å². The fraction of sp³-hybridized carbons (Fsp3) is 0.509. The highest BCUT2D eigenvalue weighted by atomic mass is 19.1. The van der Waals surface area contributed by atoms with E-state index in [0.29, 0.717) is 35.6 Å². The molecule has 1 aromatic heterocycles. The number of urea groups is 1. The third-order valence-corrected chi connectivity index (χ3v) is 13.1. The van der Waals surface area contributed by atoms with Crippen LogP contribution in [0.2, 0.25) is 0 Å². The van der Waals surface area contributed by atoms with E-state index in [1.54, 1.807) is 73.1 Å². The van der Waals surface area contributed by atoms with E-state index in [0.717, 1.165) is 18.4 Å². The Hall–Kier alpha value is -7.00. The average molecular weight is 1060 g/mol. The van der Waals surface area contributed by atoms with Gasteiger partial charge >= 0.3 is 12.1 Å². The summed E-state index contributed by atoms with van der Waals surface area (Å²) >= 11 is 0. The van der Waals surface area contributed by atoms with Crippen molar-refractivity contribution in [2.75, 3.05) is 38.0 Å². The Morgan fingerprint density at radius 2 is 1.63 bits per heavy atom. The summed E-state index contributed by atoms with van der Waals surface area (Å²) in [5.41, 5.74) is 12.6. The molecule has 21 heteroatoms. The minimum Gasteiger partial charge on any atom is -0.445 e. The maximum Gasteiger partial charge on any atom is 0.410 e. The summed E-state index contributed by atoms with van der Waals surface area (Å²) in [4.78, 5) is 86.3. The average Bonchev–Trinajstić information content (AvgIpc) is 3.94. The number of benzene rings is 3. The van der Waals surface area contributed by atoms with Crippen LogP contribution in [-0.4, -0.2) is 117 Å². The lowest BCUT2D eigenvalue weighted by atomic mass is 9.84. The number of imidazole rings is 1. The molecule has 3 aromatic carbocycles. The van der Waals surface area contributed by atoms with Gasteiger partial charge in [-0.1, -0.05) is 76.9 Å². The van der Waals surface area contributed by atoms with Gasteiger partial charge in [-0.25, -0.2) is 27.7 Å². The number of aryl methyl sites for hydroxylation is 1. The second kappa shape index (κ2) is 27.7. The van der Waals surface area contributed by atoms with E-state index in [9.17, 15) is 38.3 Å². The van der Waals surface area contributed by atoms with Crippen molar-refractivity contribution in [1.29, 1.82) is 0 Å². The van der Waals surface area contributed by atoms with Gasteiger partial charge in [0, 0.05) is 56.0 Å². The molecule has 0 spiro atoms. The van der Waals surface area contributed by atoms with Gasteiger partial charge in [-0.3, -0.25) is 19.2 Å². The molecule has 1 aliphatic rings. The third-order valence-electron chi connectivity index (χ3n) is 13.1. The zero-order valence-corrected chi connectivity index (χ0v) is 44.5. The van der Waals surface area contributed by atoms with Gasteiger partial charge in [0.1, 0.15) is 48.4 Å². The zero-order valence-electron chi connectivity index (χ0n) is 44.5. The molecule has 1 saturated heterocycles. The van der Waals surface area contributed by atoms with Crippen molar-refractivity contribution in [2.45, 2.75) is 131 Å². The number of amides is 7. The molecule has 9 N–H and O–H groups in total. The summed E-state index contributed by atoms with van der Waals surface area (Å²) < 4.78 is 53.4. The van der Waals surface area contributed by atoms with Gasteiger partial charge in [-0.2, -0.15) is 0 Å². The van der Waals surface area contributed by atoms with Crippen LogP contribution in [0.5, 0.6) is 0 Å². The largest absolute Gasteiger partial charge is 0.445 e. The standard InChI is InChI=1S/C55H75F3N10O8/c1-33(2)47(65-46(70)16-9-8-10-23-59)51(72)64-44(15-12-24-61-53(60)74)50(71)62-40-20-18-36(19-21-40)32-76-54(75)67-28-38(43(58)30-67)29-68(52(73)35(4)69)48(55(5,6)7)49-63-45(41-25-34(3)17-22-42(41)57)31-66(49)27-37-13-11-14-39(56)26-37/h11,13-14,17-22,25-26,31,33,35,38,43-44,47-48,69H,8-10,12,15-16,23-24,27-30,32,59H2,1-7H3,(H,62,71)(H,64,72)(H,65,70)(H3,60,61,74)/t35-,38+,43+,44+,47+,48+/m1/s1. The van der Waals surface area contributed by atoms with Crippen LogP contribution < -0.4 is 32.7 Å². The van der Waals surface area contributed by atoms with Crippen molar-refractivity contribution in [3.63, 3.8) is 0 Å². The third kappa shape index (κ3) is 17.3. The maximum atomic E-state index is 16.2. The molecular formula is C55H75F3N10O8. The topological polar surface area (TPSA) is 256 Å². The predicted molar refractivity (Wildman–Crippen MR) is 282 cm³/mol. The fourth-order valence-electron chi connectivity index (χ4n) is 9.12. The van der Waals surface area contributed by atoms with E-state index in [2.05, 4.69) is 21.3 Å². The van der Waals surface area contributed by atoms with Crippen molar-refractivity contribution < 1.29 is 51.8 Å². The quantitative estimate of drug-likeness (QED) is 0.0349. The summed E-state index contributed by atoms with van der Waals surface area (Å²) in [6.07, 6.45) is 0.482. The number of hydrogen-bond donors (Lipinski definition) is 7. The Bertz CT molecular complexity index is 2620. The number of rotatable bonds is 25. The van der Waals surface area contributed by atoms with Gasteiger partial charge in [-0.15, -0.1) is 0 Å². The number of primary amides is 1. The van der Waals surface area contributed by atoms with Crippen molar-refractivity contribution in [1.82, 2.24) is 35.3 Å². The number of likely N-dealkylation sites (tertiary alicyclic amines) is 1. The molecule has 4 aromatic rings. The van der Waals surface area contributed by atoms with Crippen LogP contribution in [0.4, 0.5) is 28.4 Å². The Morgan fingerprint density at radius 3 is 2.28 bits per heavy atom. The number of alkyl halides is 1. The van der Waals surface area contributed by atoms with Crippen LogP contribution in [0, 0.1) is 35.8 Å². The number of anilines is 1. The number of ether oxygens (including phenoxy) is 1. The van der Waals surface area contributed by atoms with Crippen LogP contribution in [0.1, 0.15) is 109 Å². The molecule has 1 aliphatic heterocycles. The molecule has 0 radical (unpaired) electrons. The zero-order chi connectivity index (χ0) is 55.9. The number of carbonyl (C=O) groups excluding carboxylic acids is 6. The predicted octanol–water partition coefficient (Wildman–Crippen LogP) is 6.62. The Morgan fingerprint density at radius 1 is 0.908 bits per heavy atom. The second-order valence-corrected chi connectivity index (χ2v) is 21.0. The molecule has 2 heterocycles. The number of aliphatic hydroxyl groups excluding tert-OH is 1. The molecule has 414 valence electrons. The van der Waals surface area contributed by atoms with Gasteiger partial charge in [0.2, 0.25) is 17.7 Å². The van der Waals surface area contributed by atoms with E-state index in [1.807, 2.05) is 27.7 Å². The first-order chi connectivity index (χ1) is 35.9. The first-order valence-corrected chi connectivity index (χ1v) is 25.8. The van der Waals surface area contributed by atoms with Crippen molar-refractivity contribution >= 4 is 41.4 Å². The Kier molecular flexibility index (Phi) is 21.8. The highest BCUT2D eigenvalue weighted by Gasteiger charge is 2.44. The molecule has 0 aliphatic carbocycles. The van der Waals surface area contributed by atoms with Crippen LogP contribution >= 0.6 is 0 Å². The van der Waals surface area contributed by atoms with Gasteiger partial charge in [-0.05, 0) is 105 Å². The monoisotopic (exact) mass is 1060 g/mol. The SMILES string of the molecule is Cc1ccc(F)c(-c2cn(Cc3cccc(F)c3)c([C@H](N(C[C@@H]3CN(C(=O)OCc4ccc(NC(=O)[C@H](CCCNC(N)=O)NC(=O)[C@@H](NC(=O)CCCCCN)C(C)C)cc4)C[C@@H]3F)C(=O)[C@@H](C)O)C(C)(C)C)n2)c1. The molecule has 0 unspecified atom stereocenters. The van der Waals surface area contributed by atoms with Crippen LogP contribution in [0.15, 0.2) is 72.9 Å².